The summed E-state index contributed by atoms with van der Waals surface area (Å²) in [5.74, 6) is -0.112. The zero-order chi connectivity index (χ0) is 18.3. The number of aliphatic hydroxyl groups excluding tert-OH is 5. The van der Waals surface area contributed by atoms with E-state index >= 15 is 0 Å². The van der Waals surface area contributed by atoms with Gasteiger partial charge in [-0.3, -0.25) is 4.79 Å². The van der Waals surface area contributed by atoms with Crippen molar-refractivity contribution in [2.75, 3.05) is 19.8 Å². The molecule has 1 aliphatic rings. The highest BCUT2D eigenvalue weighted by Gasteiger charge is 2.45. The average molecular weight is 352 g/mol. The number of ether oxygens (including phenoxy) is 3. The first-order chi connectivity index (χ1) is 11.3. The van der Waals surface area contributed by atoms with Crippen molar-refractivity contribution in [3.8, 4) is 0 Å². The summed E-state index contributed by atoms with van der Waals surface area (Å²) in [6.45, 7) is 2.59. The first-order valence-corrected chi connectivity index (χ1v) is 8.02. The second-order valence-electron chi connectivity index (χ2n) is 6.25. The Hall–Kier alpha value is -0.810. The minimum absolute atomic E-state index is 0.225. The summed E-state index contributed by atoms with van der Waals surface area (Å²) in [4.78, 5) is 11.6. The van der Waals surface area contributed by atoms with Gasteiger partial charge in [0, 0.05) is 6.42 Å². The highest BCUT2D eigenvalue weighted by molar-refractivity contribution is 5.69. The third-order valence-corrected chi connectivity index (χ3v) is 3.74. The summed E-state index contributed by atoms with van der Waals surface area (Å²) in [5.41, 5.74) is 0. The van der Waals surface area contributed by atoms with E-state index in [0.29, 0.717) is 12.3 Å². The smallest absolute Gasteiger partial charge is 0.305 e. The molecule has 0 bridgehead atoms. The molecule has 0 aromatic heterocycles. The van der Waals surface area contributed by atoms with Gasteiger partial charge in [-0.1, -0.05) is 13.8 Å². The van der Waals surface area contributed by atoms with Crippen LogP contribution in [0.2, 0.25) is 0 Å². The fourth-order valence-corrected chi connectivity index (χ4v) is 2.15. The van der Waals surface area contributed by atoms with Gasteiger partial charge < -0.3 is 39.7 Å². The SMILES string of the molecule is CC(C)CCC(=O)OC[C@H]1O[C@@H](OC(CO)CO)[C@H](O)[C@@H](O)[C@H]1O. The maximum atomic E-state index is 11.6. The molecule has 5 atom stereocenters. The van der Waals surface area contributed by atoms with Gasteiger partial charge >= 0.3 is 5.97 Å². The van der Waals surface area contributed by atoms with Gasteiger partial charge in [0.15, 0.2) is 6.29 Å². The van der Waals surface area contributed by atoms with Crippen molar-refractivity contribution in [2.24, 2.45) is 5.92 Å². The number of aliphatic hydroxyl groups is 5. The monoisotopic (exact) mass is 352 g/mol. The lowest BCUT2D eigenvalue weighted by Gasteiger charge is -2.40. The molecule has 0 saturated carbocycles. The predicted octanol–water partition coefficient (Wildman–Crippen LogP) is -1.86. The van der Waals surface area contributed by atoms with Crippen LogP contribution in [-0.2, 0) is 19.0 Å². The zero-order valence-electron chi connectivity index (χ0n) is 13.9. The molecule has 0 spiro atoms. The molecule has 142 valence electrons. The molecule has 9 nitrogen and oxygen atoms in total. The van der Waals surface area contributed by atoms with Crippen LogP contribution in [0.3, 0.4) is 0 Å². The third kappa shape index (κ3) is 6.25. The lowest BCUT2D eigenvalue weighted by molar-refractivity contribution is -0.315. The van der Waals surface area contributed by atoms with Gasteiger partial charge in [-0.25, -0.2) is 0 Å². The number of carbonyl (C=O) groups excluding carboxylic acids is 1. The highest BCUT2D eigenvalue weighted by atomic mass is 16.7. The molecule has 0 radical (unpaired) electrons. The van der Waals surface area contributed by atoms with Gasteiger partial charge in [0.1, 0.15) is 37.1 Å². The predicted molar refractivity (Wildman–Crippen MR) is 80.8 cm³/mol. The van der Waals surface area contributed by atoms with Crippen LogP contribution in [0, 0.1) is 5.92 Å². The Kier molecular flexibility index (Phi) is 9.06. The number of esters is 1. The maximum absolute atomic E-state index is 11.6. The Bertz CT molecular complexity index is 372. The van der Waals surface area contributed by atoms with Crippen LogP contribution in [0.1, 0.15) is 26.7 Å². The van der Waals surface area contributed by atoms with Crippen LogP contribution in [0.15, 0.2) is 0 Å². The number of hydrogen-bond acceptors (Lipinski definition) is 9. The van der Waals surface area contributed by atoms with Crippen molar-refractivity contribution in [3.05, 3.63) is 0 Å². The molecule has 1 rings (SSSR count). The minimum atomic E-state index is -1.58. The summed E-state index contributed by atoms with van der Waals surface area (Å²) in [5, 5.41) is 47.6. The van der Waals surface area contributed by atoms with Crippen molar-refractivity contribution in [3.63, 3.8) is 0 Å². The number of carbonyl (C=O) groups is 1. The standard InChI is InChI=1S/C15H28O9/c1-8(2)3-4-11(18)22-7-10-12(19)13(20)14(21)15(24-10)23-9(5-16)6-17/h8-10,12-17,19-21H,3-7H2,1-2H3/t10-,12+,13+,14-,15-/m1/s1. The first-order valence-electron chi connectivity index (χ1n) is 8.02. The van der Waals surface area contributed by atoms with Crippen molar-refractivity contribution in [1.82, 2.24) is 0 Å². The Morgan fingerprint density at radius 2 is 1.71 bits per heavy atom. The van der Waals surface area contributed by atoms with Gasteiger partial charge in [0.05, 0.1) is 13.2 Å². The Morgan fingerprint density at radius 3 is 2.25 bits per heavy atom. The lowest BCUT2D eigenvalue weighted by Crippen LogP contribution is -2.60. The van der Waals surface area contributed by atoms with Crippen LogP contribution < -0.4 is 0 Å². The van der Waals surface area contributed by atoms with Crippen molar-refractivity contribution >= 4 is 5.97 Å². The van der Waals surface area contributed by atoms with Crippen molar-refractivity contribution in [2.45, 2.75) is 63.5 Å². The van der Waals surface area contributed by atoms with Gasteiger partial charge in [-0.2, -0.15) is 0 Å². The van der Waals surface area contributed by atoms with Crippen LogP contribution in [0.25, 0.3) is 0 Å². The average Bonchev–Trinajstić information content (AvgIpc) is 2.56. The summed E-state index contributed by atoms with van der Waals surface area (Å²) in [7, 11) is 0. The first kappa shape index (κ1) is 21.2. The Balaban J connectivity index is 2.57. The van der Waals surface area contributed by atoms with Crippen LogP contribution in [0.4, 0.5) is 0 Å². The number of rotatable bonds is 9. The minimum Gasteiger partial charge on any atom is -0.463 e. The summed E-state index contributed by atoms with van der Waals surface area (Å²) in [6.07, 6.45) is -7.24. The number of hydrogen-bond donors (Lipinski definition) is 5. The third-order valence-electron chi connectivity index (χ3n) is 3.74. The fourth-order valence-electron chi connectivity index (χ4n) is 2.15. The van der Waals surface area contributed by atoms with E-state index in [4.69, 9.17) is 24.4 Å². The van der Waals surface area contributed by atoms with E-state index in [-0.39, 0.29) is 13.0 Å². The van der Waals surface area contributed by atoms with Crippen LogP contribution >= 0.6 is 0 Å². The molecule has 1 fully saturated rings. The molecule has 24 heavy (non-hydrogen) atoms. The molecule has 5 N–H and O–H groups in total. The van der Waals surface area contributed by atoms with E-state index in [1.807, 2.05) is 13.8 Å². The fraction of sp³-hybridized carbons (Fsp3) is 0.933. The molecular formula is C15H28O9. The molecule has 1 saturated heterocycles. The van der Waals surface area contributed by atoms with Gasteiger partial charge in [-0.15, -0.1) is 0 Å². The molecule has 1 aliphatic heterocycles. The molecule has 0 aromatic rings. The van der Waals surface area contributed by atoms with Crippen LogP contribution in [-0.4, -0.2) is 88.1 Å². The second-order valence-corrected chi connectivity index (χ2v) is 6.25. The second kappa shape index (κ2) is 10.2. The van der Waals surface area contributed by atoms with E-state index in [0.717, 1.165) is 0 Å². The summed E-state index contributed by atoms with van der Waals surface area (Å²) >= 11 is 0. The van der Waals surface area contributed by atoms with E-state index < -0.39 is 56.0 Å². The van der Waals surface area contributed by atoms with Crippen LogP contribution in [0.5, 0.6) is 0 Å². The summed E-state index contributed by atoms with van der Waals surface area (Å²) in [6, 6.07) is 0. The van der Waals surface area contributed by atoms with Crippen molar-refractivity contribution < 1.29 is 44.5 Å². The quantitative estimate of drug-likeness (QED) is 0.302. The molecule has 0 amide bonds. The molecule has 0 aromatic carbocycles. The van der Waals surface area contributed by atoms with E-state index in [1.165, 1.54) is 0 Å². The Morgan fingerprint density at radius 1 is 1.08 bits per heavy atom. The van der Waals surface area contributed by atoms with E-state index in [2.05, 4.69) is 0 Å². The highest BCUT2D eigenvalue weighted by Crippen LogP contribution is 2.23. The molecule has 9 heteroatoms. The molecular weight excluding hydrogens is 324 g/mol. The summed E-state index contributed by atoms with van der Waals surface area (Å²) < 4.78 is 15.5. The Labute approximate surface area is 140 Å². The van der Waals surface area contributed by atoms with E-state index in [9.17, 15) is 20.1 Å². The van der Waals surface area contributed by atoms with E-state index in [1.54, 1.807) is 0 Å². The van der Waals surface area contributed by atoms with Gasteiger partial charge in [-0.05, 0) is 12.3 Å². The largest absolute Gasteiger partial charge is 0.463 e. The topological polar surface area (TPSA) is 146 Å². The maximum Gasteiger partial charge on any atom is 0.305 e. The normalized spacial score (nSPS) is 30.8. The zero-order valence-corrected chi connectivity index (χ0v) is 13.9. The molecule has 1 heterocycles. The van der Waals surface area contributed by atoms with Gasteiger partial charge in [0.25, 0.3) is 0 Å². The van der Waals surface area contributed by atoms with Gasteiger partial charge in [0.2, 0.25) is 0 Å². The molecule has 0 aliphatic carbocycles. The van der Waals surface area contributed by atoms with Crippen molar-refractivity contribution in [1.29, 1.82) is 0 Å². The lowest BCUT2D eigenvalue weighted by atomic mass is 9.99. The molecule has 0 unspecified atom stereocenters.